The maximum absolute atomic E-state index is 12.0. The highest BCUT2D eigenvalue weighted by Gasteiger charge is 2.19. The summed E-state index contributed by atoms with van der Waals surface area (Å²) in [5.74, 6) is -0.00278. The maximum Gasteiger partial charge on any atom is 0.252 e. The number of nitrogens with one attached hydrogen (secondary N) is 2. The van der Waals surface area contributed by atoms with Gasteiger partial charge in [-0.3, -0.25) is 4.79 Å². The van der Waals surface area contributed by atoms with Crippen LogP contribution >= 0.6 is 15.9 Å². The fourth-order valence-corrected chi connectivity index (χ4v) is 2.22. The van der Waals surface area contributed by atoms with Crippen LogP contribution in [-0.2, 0) is 0 Å². The lowest BCUT2D eigenvalue weighted by Gasteiger charge is -2.08. The van der Waals surface area contributed by atoms with Crippen LogP contribution in [0, 0.1) is 6.92 Å². The Morgan fingerprint density at radius 1 is 1.39 bits per heavy atom. The fourth-order valence-electron chi connectivity index (χ4n) is 1.79. The highest BCUT2D eigenvalue weighted by molar-refractivity contribution is 9.10. The third-order valence-corrected chi connectivity index (χ3v) is 3.71. The first kappa shape index (κ1) is 13.6. The van der Waals surface area contributed by atoms with Gasteiger partial charge in [-0.25, -0.2) is 0 Å². The first-order valence-corrected chi connectivity index (χ1v) is 7.24. The molecule has 98 valence electrons. The van der Waals surface area contributed by atoms with Crippen molar-refractivity contribution in [3.8, 4) is 0 Å². The monoisotopic (exact) mass is 310 g/mol. The number of hydrogen-bond donors (Lipinski definition) is 2. The molecular weight excluding hydrogens is 292 g/mol. The molecule has 1 aromatic carbocycles. The van der Waals surface area contributed by atoms with Gasteiger partial charge in [0, 0.05) is 17.1 Å². The molecule has 0 radical (unpaired) electrons. The molecule has 1 fully saturated rings. The van der Waals surface area contributed by atoms with Crippen molar-refractivity contribution >= 4 is 21.8 Å². The summed E-state index contributed by atoms with van der Waals surface area (Å²) in [5, 5.41) is 6.38. The molecule has 0 bridgehead atoms. The molecule has 4 heteroatoms. The molecule has 1 aliphatic carbocycles. The van der Waals surface area contributed by atoms with Crippen molar-refractivity contribution in [3.63, 3.8) is 0 Å². The largest absolute Gasteiger partial charge is 0.352 e. The van der Waals surface area contributed by atoms with E-state index in [4.69, 9.17) is 0 Å². The minimum absolute atomic E-state index is 0.00278. The number of carbonyl (C=O) groups excluding carboxylic acids is 1. The maximum atomic E-state index is 12.0. The van der Waals surface area contributed by atoms with Gasteiger partial charge in [-0.1, -0.05) is 11.6 Å². The van der Waals surface area contributed by atoms with E-state index >= 15 is 0 Å². The summed E-state index contributed by atoms with van der Waals surface area (Å²) >= 11 is 3.41. The number of benzene rings is 1. The average molecular weight is 311 g/mol. The van der Waals surface area contributed by atoms with Crippen molar-refractivity contribution in [1.29, 1.82) is 0 Å². The van der Waals surface area contributed by atoms with E-state index in [1.165, 1.54) is 12.8 Å². The van der Waals surface area contributed by atoms with E-state index in [0.29, 0.717) is 5.56 Å². The van der Waals surface area contributed by atoms with Gasteiger partial charge in [0.05, 0.1) is 5.56 Å². The van der Waals surface area contributed by atoms with Crippen molar-refractivity contribution in [2.75, 3.05) is 13.1 Å². The molecule has 0 saturated heterocycles. The topological polar surface area (TPSA) is 41.1 Å². The van der Waals surface area contributed by atoms with Crippen LogP contribution in [0.15, 0.2) is 22.7 Å². The van der Waals surface area contributed by atoms with Crippen LogP contribution in [0.3, 0.4) is 0 Å². The Bertz CT molecular complexity index is 430. The van der Waals surface area contributed by atoms with Crippen LogP contribution in [0.4, 0.5) is 0 Å². The molecule has 3 nitrogen and oxygen atoms in total. The van der Waals surface area contributed by atoms with Gasteiger partial charge in [0.15, 0.2) is 0 Å². The Morgan fingerprint density at radius 3 is 2.89 bits per heavy atom. The van der Waals surface area contributed by atoms with Crippen molar-refractivity contribution in [3.05, 3.63) is 33.8 Å². The molecule has 1 amide bonds. The summed E-state index contributed by atoms with van der Waals surface area (Å²) in [6, 6.07) is 6.55. The first-order chi connectivity index (χ1) is 8.66. The molecule has 2 N–H and O–H groups in total. The van der Waals surface area contributed by atoms with Crippen molar-refractivity contribution in [2.24, 2.45) is 0 Å². The van der Waals surface area contributed by atoms with Crippen LogP contribution in [0.25, 0.3) is 0 Å². The predicted octanol–water partition coefficient (Wildman–Crippen LogP) is 2.63. The van der Waals surface area contributed by atoms with Gasteiger partial charge in [-0.05, 0) is 60.8 Å². The van der Waals surface area contributed by atoms with Crippen molar-refractivity contribution in [2.45, 2.75) is 32.2 Å². The third-order valence-electron chi connectivity index (χ3n) is 3.02. The summed E-state index contributed by atoms with van der Waals surface area (Å²) in [7, 11) is 0. The zero-order valence-electron chi connectivity index (χ0n) is 10.6. The first-order valence-electron chi connectivity index (χ1n) is 6.44. The van der Waals surface area contributed by atoms with Gasteiger partial charge in [0.25, 0.3) is 5.91 Å². The van der Waals surface area contributed by atoms with Gasteiger partial charge >= 0.3 is 0 Å². The Hall–Kier alpha value is -0.870. The van der Waals surface area contributed by atoms with E-state index in [1.807, 2.05) is 25.1 Å². The molecule has 1 aromatic rings. The van der Waals surface area contributed by atoms with E-state index in [-0.39, 0.29) is 5.91 Å². The summed E-state index contributed by atoms with van der Waals surface area (Å²) < 4.78 is 0.849. The van der Waals surface area contributed by atoms with E-state index in [2.05, 4.69) is 26.6 Å². The number of halogens is 1. The zero-order valence-corrected chi connectivity index (χ0v) is 12.2. The Balaban J connectivity index is 1.74. The lowest BCUT2D eigenvalue weighted by Crippen LogP contribution is -2.28. The number of carbonyl (C=O) groups is 1. The van der Waals surface area contributed by atoms with Gasteiger partial charge in [-0.2, -0.15) is 0 Å². The van der Waals surface area contributed by atoms with Crippen LogP contribution in [-0.4, -0.2) is 25.0 Å². The average Bonchev–Trinajstić information content (AvgIpc) is 3.15. The molecule has 0 aliphatic heterocycles. The Morgan fingerprint density at radius 2 is 2.17 bits per heavy atom. The molecule has 1 saturated carbocycles. The van der Waals surface area contributed by atoms with Crippen molar-refractivity contribution < 1.29 is 4.79 Å². The fraction of sp³-hybridized carbons (Fsp3) is 0.500. The molecule has 1 aliphatic rings. The Kier molecular flexibility index (Phi) is 4.78. The van der Waals surface area contributed by atoms with Crippen LogP contribution in [0.2, 0.25) is 0 Å². The molecule has 0 unspecified atom stereocenters. The minimum Gasteiger partial charge on any atom is -0.352 e. The molecule has 0 heterocycles. The van der Waals surface area contributed by atoms with Gasteiger partial charge in [0.1, 0.15) is 0 Å². The smallest absolute Gasteiger partial charge is 0.252 e. The van der Waals surface area contributed by atoms with E-state index in [0.717, 1.165) is 35.6 Å². The lowest BCUT2D eigenvalue weighted by molar-refractivity contribution is 0.0952. The van der Waals surface area contributed by atoms with Gasteiger partial charge < -0.3 is 10.6 Å². The third kappa shape index (κ3) is 4.10. The number of amides is 1. The molecule has 18 heavy (non-hydrogen) atoms. The number of rotatable bonds is 6. The second-order valence-corrected chi connectivity index (χ2v) is 5.68. The summed E-state index contributed by atoms with van der Waals surface area (Å²) in [5.41, 5.74) is 1.81. The van der Waals surface area contributed by atoms with Crippen molar-refractivity contribution in [1.82, 2.24) is 10.6 Å². The predicted molar refractivity (Wildman–Crippen MR) is 76.9 cm³/mol. The standard InChI is InChI=1S/C14H19BrN2O/c1-10-3-6-13(15)12(9-10)14(18)17-8-2-7-16-11-4-5-11/h3,6,9,11,16H,2,4-5,7-8H2,1H3,(H,17,18). The molecule has 2 rings (SSSR count). The second kappa shape index (κ2) is 6.34. The summed E-state index contributed by atoms with van der Waals surface area (Å²) in [4.78, 5) is 12.0. The normalized spacial score (nSPS) is 14.6. The van der Waals surface area contributed by atoms with E-state index in [1.54, 1.807) is 0 Å². The quantitative estimate of drug-likeness (QED) is 0.793. The summed E-state index contributed by atoms with van der Waals surface area (Å²) in [6.45, 7) is 3.70. The SMILES string of the molecule is Cc1ccc(Br)c(C(=O)NCCCNC2CC2)c1. The minimum atomic E-state index is -0.00278. The van der Waals surface area contributed by atoms with E-state index < -0.39 is 0 Å². The van der Waals surface area contributed by atoms with Crippen LogP contribution in [0.1, 0.15) is 35.2 Å². The molecule has 0 spiro atoms. The number of aryl methyl sites for hydroxylation is 1. The van der Waals surface area contributed by atoms with E-state index in [9.17, 15) is 4.79 Å². The molecular formula is C14H19BrN2O. The second-order valence-electron chi connectivity index (χ2n) is 4.82. The number of hydrogen-bond acceptors (Lipinski definition) is 2. The highest BCUT2D eigenvalue weighted by Crippen LogP contribution is 2.18. The van der Waals surface area contributed by atoms with Crippen LogP contribution in [0.5, 0.6) is 0 Å². The lowest BCUT2D eigenvalue weighted by atomic mass is 10.1. The van der Waals surface area contributed by atoms with Crippen LogP contribution < -0.4 is 10.6 Å². The Labute approximate surface area is 116 Å². The zero-order chi connectivity index (χ0) is 13.0. The van der Waals surface area contributed by atoms with Gasteiger partial charge in [-0.15, -0.1) is 0 Å². The summed E-state index contributed by atoms with van der Waals surface area (Å²) in [6.07, 6.45) is 3.59. The molecule has 0 atom stereocenters. The highest BCUT2D eigenvalue weighted by atomic mass is 79.9. The molecule has 0 aromatic heterocycles. The van der Waals surface area contributed by atoms with Gasteiger partial charge in [0.2, 0.25) is 0 Å².